The first-order chi connectivity index (χ1) is 13.9. The number of aliphatic hydroxyl groups excluding tert-OH is 2. The van der Waals surface area contributed by atoms with Crippen LogP contribution in [0.3, 0.4) is 0 Å². The van der Waals surface area contributed by atoms with E-state index in [0.717, 1.165) is 38.7 Å². The molecule has 0 spiro atoms. The monoisotopic (exact) mass is 414 g/mol. The average Bonchev–Trinajstić information content (AvgIpc) is 3.34. The maximum absolute atomic E-state index is 14.1. The number of aliphatic hydroxyl groups is 2. The lowest BCUT2D eigenvalue weighted by Gasteiger charge is -2.25. The number of carbonyl (C=O) groups is 1. The van der Waals surface area contributed by atoms with Gasteiger partial charge >= 0.3 is 11.8 Å². The Balaban J connectivity index is 1.68. The van der Waals surface area contributed by atoms with Gasteiger partial charge in [0.1, 0.15) is 6.10 Å². The van der Waals surface area contributed by atoms with E-state index >= 15 is 0 Å². The van der Waals surface area contributed by atoms with Crippen molar-refractivity contribution in [3.8, 4) is 0 Å². The minimum atomic E-state index is -3.06. The molecule has 5 atom stereocenters. The van der Waals surface area contributed by atoms with Gasteiger partial charge < -0.3 is 20.1 Å². The van der Waals surface area contributed by atoms with Gasteiger partial charge in [0.15, 0.2) is 0 Å². The third-order valence-electron chi connectivity index (χ3n) is 6.96. The van der Waals surface area contributed by atoms with E-state index in [1.165, 1.54) is 38.5 Å². The predicted octanol–water partition coefficient (Wildman–Crippen LogP) is 4.61. The van der Waals surface area contributed by atoms with Crippen molar-refractivity contribution in [3.05, 3.63) is 12.2 Å². The van der Waals surface area contributed by atoms with E-state index in [4.69, 9.17) is 5.11 Å². The molecule has 0 amide bonds. The lowest BCUT2D eigenvalue weighted by atomic mass is 9.88. The zero-order valence-electron chi connectivity index (χ0n) is 17.8. The minimum Gasteiger partial charge on any atom is -0.477 e. The molecule has 6 heteroatoms. The van der Waals surface area contributed by atoms with E-state index in [1.54, 1.807) is 0 Å². The fraction of sp³-hybridized carbons (Fsp3) is 0.870. The number of carboxylic acids is 1. The second kappa shape index (κ2) is 12.0. The summed E-state index contributed by atoms with van der Waals surface area (Å²) in [7, 11) is 0.941. The van der Waals surface area contributed by atoms with Crippen LogP contribution < -0.4 is 0 Å². The number of alkyl halides is 1. The number of hydrogen-bond acceptors (Lipinski definition) is 4. The quantitative estimate of drug-likeness (QED) is 0.303. The molecule has 0 aromatic rings. The summed E-state index contributed by atoms with van der Waals surface area (Å²) in [4.78, 5) is 10.9. The summed E-state index contributed by atoms with van der Waals surface area (Å²) in [5, 5.41) is 29.0. The van der Waals surface area contributed by atoms with Gasteiger partial charge in [-0.2, -0.15) is 4.39 Å². The van der Waals surface area contributed by atoms with Crippen molar-refractivity contribution < 1.29 is 29.2 Å². The molecule has 0 aromatic heterocycles. The highest BCUT2D eigenvalue weighted by Crippen LogP contribution is 2.37. The first-order valence-corrected chi connectivity index (χ1v) is 11.4. The Morgan fingerprint density at radius 3 is 2.55 bits per heavy atom. The maximum Gasteiger partial charge on any atom is 0.372 e. The van der Waals surface area contributed by atoms with E-state index in [1.807, 2.05) is 0 Å². The molecule has 168 valence electrons. The highest BCUT2D eigenvalue weighted by atomic mass is 19.2. The lowest BCUT2D eigenvalue weighted by molar-refractivity contribution is -0.216. The number of halogens is 1. The van der Waals surface area contributed by atoms with Crippen molar-refractivity contribution in [2.24, 2.45) is 17.8 Å². The molecule has 0 aliphatic heterocycles. The third kappa shape index (κ3) is 7.04. The number of rotatable bonds is 13. The second-order valence-corrected chi connectivity index (χ2v) is 8.94. The van der Waals surface area contributed by atoms with Crippen LogP contribution in [-0.4, -0.2) is 46.5 Å². The van der Waals surface area contributed by atoms with Gasteiger partial charge in [-0.05, 0) is 56.3 Å². The van der Waals surface area contributed by atoms with Gasteiger partial charge in [0.25, 0.3) is 0 Å². The second-order valence-electron chi connectivity index (χ2n) is 8.94. The molecule has 0 saturated heterocycles. The molecule has 5 nitrogen and oxygen atoms in total. The van der Waals surface area contributed by atoms with Crippen molar-refractivity contribution in [2.45, 2.75) is 102 Å². The number of aliphatic carboxylic acids is 1. The Morgan fingerprint density at radius 2 is 1.90 bits per heavy atom. The third-order valence-corrected chi connectivity index (χ3v) is 6.96. The molecular formula is C23H39FO5. The van der Waals surface area contributed by atoms with Crippen molar-refractivity contribution in [2.75, 3.05) is 7.11 Å². The van der Waals surface area contributed by atoms with E-state index in [2.05, 4.69) is 16.9 Å². The van der Waals surface area contributed by atoms with Crippen LogP contribution in [0.4, 0.5) is 4.39 Å². The normalized spacial score (nSPS) is 28.8. The molecule has 2 saturated carbocycles. The minimum absolute atomic E-state index is 0.0150. The average molecular weight is 415 g/mol. The summed E-state index contributed by atoms with van der Waals surface area (Å²) in [6.07, 6.45) is 15.6. The number of carboxylic acid groups (broad SMARTS) is 1. The Hall–Kier alpha value is -0.980. The van der Waals surface area contributed by atoms with Crippen LogP contribution in [-0.2, 0) is 9.53 Å². The van der Waals surface area contributed by atoms with Crippen LogP contribution in [0.15, 0.2) is 12.2 Å². The Kier molecular flexibility index (Phi) is 10.1. The number of methoxy groups -OCH3 is 1. The van der Waals surface area contributed by atoms with Crippen molar-refractivity contribution >= 4 is 5.97 Å². The largest absolute Gasteiger partial charge is 0.477 e. The van der Waals surface area contributed by atoms with Crippen LogP contribution in [0, 0.1) is 17.8 Å². The van der Waals surface area contributed by atoms with Gasteiger partial charge in [0.2, 0.25) is 0 Å². The molecule has 2 fully saturated rings. The van der Waals surface area contributed by atoms with Crippen LogP contribution in [0.25, 0.3) is 0 Å². The Morgan fingerprint density at radius 1 is 1.17 bits per heavy atom. The van der Waals surface area contributed by atoms with Crippen LogP contribution in [0.1, 0.15) is 83.5 Å². The molecule has 29 heavy (non-hydrogen) atoms. The van der Waals surface area contributed by atoms with Gasteiger partial charge in [0.05, 0.1) is 6.10 Å². The zero-order valence-corrected chi connectivity index (χ0v) is 17.8. The van der Waals surface area contributed by atoms with Gasteiger partial charge in [-0.1, -0.05) is 57.1 Å². The summed E-state index contributed by atoms with van der Waals surface area (Å²) in [5.74, 6) is -3.37. The SMILES string of the molecule is COC(F)(C(=O)O)C(O)CCCC[C@H]1[C@@H](O)CC[C@@H]1C=CCCCC1CCCC1. The van der Waals surface area contributed by atoms with Crippen molar-refractivity contribution in [1.29, 1.82) is 0 Å². The van der Waals surface area contributed by atoms with Gasteiger partial charge in [-0.25, -0.2) is 4.79 Å². The fourth-order valence-electron chi connectivity index (χ4n) is 5.09. The van der Waals surface area contributed by atoms with E-state index < -0.39 is 17.9 Å². The molecule has 0 radical (unpaired) electrons. The number of allylic oxidation sites excluding steroid dienone is 2. The summed E-state index contributed by atoms with van der Waals surface area (Å²) in [5.41, 5.74) is 0. The van der Waals surface area contributed by atoms with Gasteiger partial charge in [0, 0.05) is 7.11 Å². The van der Waals surface area contributed by atoms with E-state index in [0.29, 0.717) is 18.8 Å². The fourth-order valence-corrected chi connectivity index (χ4v) is 5.09. The Bertz CT molecular complexity index is 519. The lowest BCUT2D eigenvalue weighted by Crippen LogP contribution is -2.47. The first-order valence-electron chi connectivity index (χ1n) is 11.4. The summed E-state index contributed by atoms with van der Waals surface area (Å²) < 4.78 is 18.4. The van der Waals surface area contributed by atoms with Crippen molar-refractivity contribution in [1.82, 2.24) is 0 Å². The molecule has 0 bridgehead atoms. The van der Waals surface area contributed by atoms with Crippen LogP contribution in [0.5, 0.6) is 0 Å². The molecule has 0 heterocycles. The number of unbranched alkanes of at least 4 members (excludes halogenated alkanes) is 2. The smallest absolute Gasteiger partial charge is 0.372 e. The van der Waals surface area contributed by atoms with Crippen LogP contribution >= 0.6 is 0 Å². The molecule has 2 rings (SSSR count). The molecule has 3 N–H and O–H groups in total. The summed E-state index contributed by atoms with van der Waals surface area (Å²) in [6, 6.07) is 0. The summed E-state index contributed by atoms with van der Waals surface area (Å²) >= 11 is 0. The molecule has 2 unspecified atom stereocenters. The molecule has 0 aromatic carbocycles. The number of ether oxygens (including phenoxy) is 1. The van der Waals surface area contributed by atoms with E-state index in [9.17, 15) is 19.4 Å². The van der Waals surface area contributed by atoms with Crippen LogP contribution in [0.2, 0.25) is 0 Å². The van der Waals surface area contributed by atoms with Gasteiger partial charge in [-0.3, -0.25) is 0 Å². The highest BCUT2D eigenvalue weighted by Gasteiger charge is 2.46. The summed E-state index contributed by atoms with van der Waals surface area (Å²) in [6.45, 7) is 0. The first kappa shape index (κ1) is 24.3. The standard InChI is InChI=1S/C23H39FO5/c1-29-23(24,22(27)28)21(26)14-8-7-13-19-18(15-16-20(19)25)12-4-2-3-9-17-10-5-6-11-17/h4,12,17-21,25-26H,2-3,5-11,13-16H2,1H3,(H,27,28)/t18-,19+,20-,21?,23?/m0/s1. The maximum atomic E-state index is 14.1. The Labute approximate surface area is 174 Å². The molecule has 2 aliphatic rings. The molecule has 2 aliphatic carbocycles. The van der Waals surface area contributed by atoms with Gasteiger partial charge in [-0.15, -0.1) is 0 Å². The predicted molar refractivity (Wildman–Crippen MR) is 110 cm³/mol. The zero-order chi connectivity index (χ0) is 21.3. The van der Waals surface area contributed by atoms with E-state index in [-0.39, 0.29) is 18.4 Å². The topological polar surface area (TPSA) is 87.0 Å². The van der Waals surface area contributed by atoms with Crippen molar-refractivity contribution in [3.63, 3.8) is 0 Å². The molecular weight excluding hydrogens is 375 g/mol. The highest BCUT2D eigenvalue weighted by molar-refractivity contribution is 5.76. The number of hydrogen-bond donors (Lipinski definition) is 3.